The van der Waals surface area contributed by atoms with E-state index in [4.69, 9.17) is 4.18 Å². The quantitative estimate of drug-likeness (QED) is 0.779. The lowest BCUT2D eigenvalue weighted by Gasteiger charge is -2.11. The second-order valence-corrected chi connectivity index (χ2v) is 6.30. The molecule has 0 bridgehead atoms. The molecular formula is C14H12F3NO4S. The molecular weight excluding hydrogens is 335 g/mol. The molecule has 2 aromatic rings. The number of para-hydroxylation sites is 1. The van der Waals surface area contributed by atoms with E-state index >= 15 is 0 Å². The van der Waals surface area contributed by atoms with Gasteiger partial charge in [0, 0.05) is 18.8 Å². The normalized spacial score (nSPS) is 12.1. The van der Waals surface area contributed by atoms with Gasteiger partial charge in [0.25, 0.3) is 5.56 Å². The van der Waals surface area contributed by atoms with Gasteiger partial charge in [-0.2, -0.15) is 21.6 Å². The lowest BCUT2D eigenvalue weighted by Crippen LogP contribution is -2.26. The van der Waals surface area contributed by atoms with Crippen molar-refractivity contribution in [2.24, 2.45) is 0 Å². The molecule has 0 amide bonds. The number of alkyl halides is 3. The van der Waals surface area contributed by atoms with E-state index in [1.807, 2.05) is 0 Å². The van der Waals surface area contributed by atoms with E-state index in [0.29, 0.717) is 16.8 Å². The Kier molecular flexibility index (Phi) is 4.79. The topological polar surface area (TPSA) is 65.4 Å². The fraction of sp³-hybridized carbons (Fsp3) is 0.214. The summed E-state index contributed by atoms with van der Waals surface area (Å²) < 4.78 is 66.9. The van der Waals surface area contributed by atoms with Gasteiger partial charge in [-0.15, -0.1) is 0 Å². The van der Waals surface area contributed by atoms with Gasteiger partial charge < -0.3 is 8.75 Å². The minimum absolute atomic E-state index is 0.0869. The highest BCUT2D eigenvalue weighted by Crippen LogP contribution is 2.28. The summed E-state index contributed by atoms with van der Waals surface area (Å²) in [6, 6.07) is 9.05. The smallest absolute Gasteiger partial charge is 0.382 e. The molecule has 2 rings (SSSR count). The summed E-state index contributed by atoms with van der Waals surface area (Å²) in [6.45, 7) is -0.447. The Morgan fingerprint density at radius 2 is 1.70 bits per heavy atom. The van der Waals surface area contributed by atoms with Crippen molar-refractivity contribution in [2.45, 2.75) is 12.7 Å². The van der Waals surface area contributed by atoms with Crippen molar-refractivity contribution >= 4 is 10.1 Å². The molecule has 1 aromatic carbocycles. The van der Waals surface area contributed by atoms with Crippen LogP contribution in [0.3, 0.4) is 0 Å². The van der Waals surface area contributed by atoms with Crippen LogP contribution in [0.4, 0.5) is 13.2 Å². The third-order valence-electron chi connectivity index (χ3n) is 2.86. The second-order valence-electron chi connectivity index (χ2n) is 4.61. The van der Waals surface area contributed by atoms with Gasteiger partial charge >= 0.3 is 16.3 Å². The predicted molar refractivity (Wildman–Crippen MR) is 76.6 cm³/mol. The van der Waals surface area contributed by atoms with Crippen molar-refractivity contribution in [1.29, 1.82) is 0 Å². The molecule has 0 spiro atoms. The van der Waals surface area contributed by atoms with Crippen LogP contribution in [0.1, 0.15) is 5.56 Å². The van der Waals surface area contributed by atoms with Gasteiger partial charge in [0.15, 0.2) is 0 Å². The van der Waals surface area contributed by atoms with Gasteiger partial charge in [0.05, 0.1) is 5.56 Å². The Balaban J connectivity index is 2.12. The summed E-state index contributed by atoms with van der Waals surface area (Å²) in [5.74, 6) is -0.549. The molecule has 0 aliphatic rings. The van der Waals surface area contributed by atoms with Crippen molar-refractivity contribution < 1.29 is 25.8 Å². The average Bonchev–Trinajstić information content (AvgIpc) is 2.46. The van der Waals surface area contributed by atoms with Crippen LogP contribution in [-0.2, 0) is 22.8 Å². The molecule has 0 saturated carbocycles. The largest absolute Gasteiger partial charge is 0.417 e. The summed E-state index contributed by atoms with van der Waals surface area (Å²) in [7, 11) is -4.04. The number of rotatable bonds is 5. The lowest BCUT2D eigenvalue weighted by molar-refractivity contribution is -0.138. The van der Waals surface area contributed by atoms with E-state index in [2.05, 4.69) is 0 Å². The van der Waals surface area contributed by atoms with E-state index in [1.54, 1.807) is 18.2 Å². The molecule has 23 heavy (non-hydrogen) atoms. The zero-order valence-electron chi connectivity index (χ0n) is 11.7. The summed E-state index contributed by atoms with van der Waals surface area (Å²) in [4.78, 5) is 11.5. The number of hydrogen-bond acceptors (Lipinski definition) is 4. The van der Waals surface area contributed by atoms with E-state index in [1.165, 1.54) is 12.1 Å². The molecule has 0 atom stereocenters. The Labute approximate surface area is 130 Å². The Morgan fingerprint density at radius 3 is 2.30 bits per heavy atom. The van der Waals surface area contributed by atoms with Crippen molar-refractivity contribution in [3.05, 3.63) is 64.6 Å². The molecule has 0 N–H and O–H groups in total. The molecule has 5 nitrogen and oxygen atoms in total. The number of aromatic nitrogens is 1. The number of nitrogens with zero attached hydrogens (tertiary/aromatic N) is 1. The first-order valence-electron chi connectivity index (χ1n) is 6.42. The highest BCUT2D eigenvalue weighted by atomic mass is 32.2. The number of aryl methyl sites for hydroxylation is 1. The molecule has 0 fully saturated rings. The van der Waals surface area contributed by atoms with Crippen LogP contribution in [0.5, 0.6) is 5.75 Å². The monoisotopic (exact) mass is 347 g/mol. The fourth-order valence-electron chi connectivity index (χ4n) is 1.75. The predicted octanol–water partition coefficient (Wildman–Crippen LogP) is 2.28. The Morgan fingerprint density at radius 1 is 1.04 bits per heavy atom. The van der Waals surface area contributed by atoms with E-state index in [-0.39, 0.29) is 5.75 Å². The molecule has 0 unspecified atom stereocenters. The highest BCUT2D eigenvalue weighted by Gasteiger charge is 2.31. The molecule has 1 heterocycles. The van der Waals surface area contributed by atoms with Gasteiger partial charge in [-0.1, -0.05) is 18.2 Å². The number of pyridine rings is 1. The average molecular weight is 347 g/mol. The Hall–Kier alpha value is -2.29. The summed E-state index contributed by atoms with van der Waals surface area (Å²) in [6.07, 6.45) is -4.03. The van der Waals surface area contributed by atoms with Gasteiger partial charge in [-0.25, -0.2) is 0 Å². The third-order valence-corrected chi connectivity index (χ3v) is 3.99. The lowest BCUT2D eigenvalue weighted by atomic mass is 10.3. The van der Waals surface area contributed by atoms with Crippen LogP contribution in [-0.4, -0.2) is 18.7 Å². The molecule has 0 aliphatic heterocycles. The maximum absolute atomic E-state index is 12.6. The van der Waals surface area contributed by atoms with Crippen LogP contribution >= 0.6 is 0 Å². The molecule has 9 heteroatoms. The first-order chi connectivity index (χ1) is 10.7. The van der Waals surface area contributed by atoms with Crippen LogP contribution in [0, 0.1) is 0 Å². The minimum atomic E-state index is -4.62. The van der Waals surface area contributed by atoms with Crippen molar-refractivity contribution in [1.82, 2.24) is 4.57 Å². The van der Waals surface area contributed by atoms with E-state index in [9.17, 15) is 26.4 Å². The first kappa shape index (κ1) is 17.1. The second kappa shape index (κ2) is 6.45. The van der Waals surface area contributed by atoms with Crippen LogP contribution in [0.2, 0.25) is 0 Å². The molecule has 124 valence electrons. The zero-order chi connectivity index (χ0) is 17.1. The van der Waals surface area contributed by atoms with Crippen molar-refractivity contribution in [2.75, 3.05) is 5.75 Å². The van der Waals surface area contributed by atoms with Crippen LogP contribution < -0.4 is 9.74 Å². The number of hydrogen-bond donors (Lipinski definition) is 0. The van der Waals surface area contributed by atoms with Crippen molar-refractivity contribution in [3.8, 4) is 5.75 Å². The first-order valence-corrected chi connectivity index (χ1v) is 8.00. The maximum atomic E-state index is 12.6. The van der Waals surface area contributed by atoms with Crippen LogP contribution in [0.25, 0.3) is 0 Å². The summed E-state index contributed by atoms with van der Waals surface area (Å²) in [5.41, 5.74) is -1.76. The summed E-state index contributed by atoms with van der Waals surface area (Å²) in [5, 5.41) is 0. The number of benzene rings is 1. The highest BCUT2D eigenvalue weighted by molar-refractivity contribution is 7.87. The Bertz CT molecular complexity index is 829. The molecule has 0 aliphatic carbocycles. The van der Waals surface area contributed by atoms with Gasteiger partial charge in [0.1, 0.15) is 11.5 Å². The van der Waals surface area contributed by atoms with Crippen molar-refractivity contribution in [3.63, 3.8) is 0 Å². The minimum Gasteiger partial charge on any atom is -0.382 e. The maximum Gasteiger partial charge on any atom is 0.417 e. The molecule has 1 aromatic heterocycles. The van der Waals surface area contributed by atoms with Gasteiger partial charge in [-0.3, -0.25) is 4.79 Å². The SMILES string of the molecule is O=c1ccc(C(F)(F)F)cn1CCS(=O)(=O)Oc1ccccc1. The fourth-order valence-corrected chi connectivity index (χ4v) is 2.66. The van der Waals surface area contributed by atoms with E-state index in [0.717, 1.165) is 6.07 Å². The molecule has 0 saturated heterocycles. The van der Waals surface area contributed by atoms with Gasteiger partial charge in [0.2, 0.25) is 0 Å². The van der Waals surface area contributed by atoms with Gasteiger partial charge in [-0.05, 0) is 18.2 Å². The van der Waals surface area contributed by atoms with Crippen LogP contribution in [0.15, 0.2) is 53.5 Å². The molecule has 0 radical (unpaired) electrons. The summed E-state index contributed by atoms with van der Waals surface area (Å²) >= 11 is 0. The standard InChI is InChI=1S/C14H12F3NO4S/c15-14(16,17)11-6-7-13(19)18(10-11)8-9-23(20,21)22-12-4-2-1-3-5-12/h1-7,10H,8-9H2. The third kappa shape index (κ3) is 4.85. The van der Waals surface area contributed by atoms with E-state index < -0.39 is 39.7 Å². The zero-order valence-corrected chi connectivity index (χ0v) is 12.5. The number of halogens is 3.